The van der Waals surface area contributed by atoms with Gasteiger partial charge in [-0.15, -0.1) is 15.3 Å². The molecule has 3 aromatic heterocycles. The van der Waals surface area contributed by atoms with Crippen LogP contribution in [0.4, 0.5) is 0 Å². The number of rotatable bonds is 6. The lowest BCUT2D eigenvalue weighted by atomic mass is 10.3. The third-order valence-corrected chi connectivity index (χ3v) is 5.30. The van der Waals surface area contributed by atoms with E-state index in [0.29, 0.717) is 11.8 Å². The van der Waals surface area contributed by atoms with E-state index in [1.165, 1.54) is 0 Å². The van der Waals surface area contributed by atoms with Gasteiger partial charge in [0.1, 0.15) is 0 Å². The Morgan fingerprint density at radius 2 is 1.89 bits per heavy atom. The lowest BCUT2D eigenvalue weighted by molar-refractivity contribution is 0.668. The number of aromatic nitrogens is 8. The van der Waals surface area contributed by atoms with Crippen molar-refractivity contribution < 1.29 is 0 Å². The molecule has 1 aliphatic carbocycles. The van der Waals surface area contributed by atoms with Gasteiger partial charge in [0.25, 0.3) is 0 Å². The van der Waals surface area contributed by atoms with Crippen LogP contribution in [-0.4, -0.2) is 40.0 Å². The van der Waals surface area contributed by atoms with Crippen LogP contribution in [0.3, 0.4) is 0 Å². The fraction of sp³-hybridized carbons (Fsp3) is 0.222. The average Bonchev–Trinajstić information content (AvgIpc) is 3.30. The lowest BCUT2D eigenvalue weighted by Gasteiger charge is -2.08. The summed E-state index contributed by atoms with van der Waals surface area (Å²) in [7, 11) is 0. The quantitative estimate of drug-likeness (QED) is 0.478. The molecular weight excluding hydrogens is 360 g/mol. The number of para-hydroxylation sites is 1. The molecular formula is C18H16N8S. The molecule has 4 aromatic rings. The van der Waals surface area contributed by atoms with Crippen molar-refractivity contribution >= 4 is 11.8 Å². The zero-order chi connectivity index (χ0) is 18.1. The number of thioether (sulfide) groups is 1. The van der Waals surface area contributed by atoms with Crippen LogP contribution >= 0.6 is 11.8 Å². The zero-order valence-corrected chi connectivity index (χ0v) is 15.2. The van der Waals surface area contributed by atoms with Crippen molar-refractivity contribution in [2.45, 2.75) is 29.8 Å². The summed E-state index contributed by atoms with van der Waals surface area (Å²) in [5, 5.41) is 21.9. The molecule has 1 fully saturated rings. The van der Waals surface area contributed by atoms with Crippen LogP contribution in [0.5, 0.6) is 0 Å². The Labute approximate surface area is 159 Å². The third kappa shape index (κ3) is 3.21. The van der Waals surface area contributed by atoms with Crippen molar-refractivity contribution in [3.05, 3.63) is 60.7 Å². The molecule has 0 N–H and O–H groups in total. The molecule has 0 radical (unpaired) electrons. The predicted molar refractivity (Wildman–Crippen MR) is 100 cm³/mol. The van der Waals surface area contributed by atoms with E-state index in [-0.39, 0.29) is 0 Å². The Kier molecular flexibility index (Phi) is 4.13. The van der Waals surface area contributed by atoms with Crippen LogP contribution in [0.1, 0.15) is 24.7 Å². The fourth-order valence-corrected chi connectivity index (χ4v) is 3.84. The van der Waals surface area contributed by atoms with Gasteiger partial charge in [-0.25, -0.2) is 0 Å². The molecule has 27 heavy (non-hydrogen) atoms. The summed E-state index contributed by atoms with van der Waals surface area (Å²) in [5.41, 5.74) is 1.93. The second-order valence-electron chi connectivity index (χ2n) is 6.28. The molecule has 0 spiro atoms. The van der Waals surface area contributed by atoms with Crippen LogP contribution in [0.25, 0.3) is 17.1 Å². The number of hydrogen-bond acceptors (Lipinski definition) is 7. The van der Waals surface area contributed by atoms with Crippen molar-refractivity contribution in [3.63, 3.8) is 0 Å². The van der Waals surface area contributed by atoms with Crippen molar-refractivity contribution in [1.29, 1.82) is 0 Å². The van der Waals surface area contributed by atoms with E-state index in [2.05, 4.69) is 35.3 Å². The van der Waals surface area contributed by atoms with Crippen molar-refractivity contribution in [2.75, 3.05) is 0 Å². The average molecular weight is 376 g/mol. The number of tetrazole rings is 1. The number of hydrogen-bond donors (Lipinski definition) is 0. The largest absolute Gasteiger partial charge is 0.299 e. The molecule has 0 aliphatic heterocycles. The Morgan fingerprint density at radius 1 is 1.00 bits per heavy atom. The maximum absolute atomic E-state index is 4.43. The first-order valence-corrected chi connectivity index (χ1v) is 9.69. The highest BCUT2D eigenvalue weighted by molar-refractivity contribution is 7.98. The van der Waals surface area contributed by atoms with Gasteiger partial charge in [-0.3, -0.25) is 9.55 Å². The first kappa shape index (κ1) is 16.1. The lowest BCUT2D eigenvalue weighted by Crippen LogP contribution is -2.03. The first-order chi connectivity index (χ1) is 13.4. The van der Waals surface area contributed by atoms with Crippen molar-refractivity contribution in [2.24, 2.45) is 0 Å². The molecule has 5 rings (SSSR count). The summed E-state index contributed by atoms with van der Waals surface area (Å²) >= 11 is 1.60. The van der Waals surface area contributed by atoms with Gasteiger partial charge in [-0.2, -0.15) is 4.68 Å². The minimum absolute atomic E-state index is 0.461. The topological polar surface area (TPSA) is 87.2 Å². The minimum atomic E-state index is 0.461. The number of nitrogens with zero attached hydrogens (tertiary/aromatic N) is 8. The Morgan fingerprint density at radius 3 is 2.67 bits per heavy atom. The third-order valence-electron chi connectivity index (χ3n) is 4.36. The fourth-order valence-electron chi connectivity index (χ4n) is 2.92. The zero-order valence-electron chi connectivity index (χ0n) is 14.4. The Balaban J connectivity index is 1.42. The van der Waals surface area contributed by atoms with E-state index in [4.69, 9.17) is 0 Å². The van der Waals surface area contributed by atoms with Crippen molar-refractivity contribution in [3.8, 4) is 17.1 Å². The molecule has 3 heterocycles. The highest BCUT2D eigenvalue weighted by atomic mass is 32.2. The van der Waals surface area contributed by atoms with Crippen molar-refractivity contribution in [1.82, 2.24) is 40.0 Å². The van der Waals surface area contributed by atoms with Gasteiger partial charge in [0.2, 0.25) is 0 Å². The van der Waals surface area contributed by atoms with Crippen LogP contribution in [0, 0.1) is 0 Å². The molecule has 9 heteroatoms. The normalized spacial score (nSPS) is 13.8. The molecule has 1 aromatic carbocycles. The van der Waals surface area contributed by atoms with E-state index in [9.17, 15) is 0 Å². The molecule has 0 atom stereocenters. The van der Waals surface area contributed by atoms with Gasteiger partial charge < -0.3 is 0 Å². The summed E-state index contributed by atoms with van der Waals surface area (Å²) in [6.07, 6.45) is 5.90. The van der Waals surface area contributed by atoms with Gasteiger partial charge in [-0.05, 0) is 47.5 Å². The molecule has 0 bridgehead atoms. The smallest absolute Gasteiger partial charge is 0.192 e. The van der Waals surface area contributed by atoms with Crippen LogP contribution in [0.2, 0.25) is 0 Å². The molecule has 1 saturated carbocycles. The molecule has 134 valence electrons. The molecule has 1 aliphatic rings. The molecule has 0 amide bonds. The summed E-state index contributed by atoms with van der Waals surface area (Å²) in [4.78, 5) is 4.21. The first-order valence-electron chi connectivity index (χ1n) is 8.71. The number of pyridine rings is 1. The van der Waals surface area contributed by atoms with E-state index >= 15 is 0 Å². The standard InChI is InChI=1S/C18H16N8S/c1-2-6-15(7-3-1)26-16(20-23-24-26)12-27-18-22-21-17(25(18)14-8-9-14)13-5-4-10-19-11-13/h1-7,10-11,14H,8-9,12H2. The predicted octanol–water partition coefficient (Wildman–Crippen LogP) is 2.94. The Bertz CT molecular complexity index is 1040. The summed E-state index contributed by atoms with van der Waals surface area (Å²) in [5.74, 6) is 2.26. The highest BCUT2D eigenvalue weighted by Gasteiger charge is 2.30. The van der Waals surface area contributed by atoms with E-state index < -0.39 is 0 Å². The number of benzene rings is 1. The highest BCUT2D eigenvalue weighted by Crippen LogP contribution is 2.41. The van der Waals surface area contributed by atoms with Crippen LogP contribution in [0.15, 0.2) is 60.0 Å². The second-order valence-corrected chi connectivity index (χ2v) is 7.22. The second kappa shape index (κ2) is 6.92. The van der Waals surface area contributed by atoms with Crippen LogP contribution in [-0.2, 0) is 5.75 Å². The van der Waals surface area contributed by atoms with Gasteiger partial charge in [0, 0.05) is 24.0 Å². The van der Waals surface area contributed by atoms with Gasteiger partial charge in [0.05, 0.1) is 11.4 Å². The van der Waals surface area contributed by atoms with E-state index in [1.807, 2.05) is 48.7 Å². The summed E-state index contributed by atoms with van der Waals surface area (Å²) in [6, 6.07) is 14.3. The molecule has 0 saturated heterocycles. The van der Waals surface area contributed by atoms with E-state index in [0.717, 1.165) is 40.9 Å². The van der Waals surface area contributed by atoms with Gasteiger partial charge in [-0.1, -0.05) is 30.0 Å². The van der Waals surface area contributed by atoms with Crippen LogP contribution < -0.4 is 0 Å². The maximum Gasteiger partial charge on any atom is 0.192 e. The van der Waals surface area contributed by atoms with Gasteiger partial charge >= 0.3 is 0 Å². The Hall–Kier alpha value is -3.07. The monoisotopic (exact) mass is 376 g/mol. The van der Waals surface area contributed by atoms with E-state index in [1.54, 1.807) is 22.6 Å². The summed E-state index contributed by atoms with van der Waals surface area (Å²) < 4.78 is 3.98. The summed E-state index contributed by atoms with van der Waals surface area (Å²) in [6.45, 7) is 0. The molecule has 8 nitrogen and oxygen atoms in total. The minimum Gasteiger partial charge on any atom is -0.299 e. The maximum atomic E-state index is 4.43. The SMILES string of the molecule is c1ccc(-n2nnnc2CSc2nnc(-c3cccnc3)n2C2CC2)cc1. The molecule has 0 unspecified atom stereocenters. The van der Waals surface area contributed by atoms with Gasteiger partial charge in [0.15, 0.2) is 16.8 Å².